The molecule has 0 saturated heterocycles. The summed E-state index contributed by atoms with van der Waals surface area (Å²) in [5, 5.41) is 7.70. The van der Waals surface area contributed by atoms with E-state index in [1.807, 2.05) is 24.0 Å². The molecule has 0 bridgehead atoms. The first-order chi connectivity index (χ1) is 8.24. The molecule has 2 rings (SSSR count). The summed E-state index contributed by atoms with van der Waals surface area (Å²) in [6.07, 6.45) is 5.02. The Bertz CT molecular complexity index is 448. The maximum Gasteiger partial charge on any atom is 0.0522 e. The number of aryl methyl sites for hydroxylation is 1. The lowest BCUT2D eigenvalue weighted by Crippen LogP contribution is -2.27. The Morgan fingerprint density at radius 3 is 2.65 bits per heavy atom. The van der Waals surface area contributed by atoms with Crippen molar-refractivity contribution in [2.75, 3.05) is 0 Å². The maximum absolute atomic E-state index is 4.18. The topological polar surface area (TPSA) is 29.9 Å². The summed E-state index contributed by atoms with van der Waals surface area (Å²) < 4.78 is 1.85. The Balaban J connectivity index is 1.80. The van der Waals surface area contributed by atoms with E-state index in [1.54, 1.807) is 0 Å². The molecule has 0 fully saturated rings. The molecule has 90 valence electrons. The van der Waals surface area contributed by atoms with Crippen molar-refractivity contribution >= 4 is 0 Å². The van der Waals surface area contributed by atoms with Gasteiger partial charge in [-0.15, -0.1) is 0 Å². The summed E-state index contributed by atoms with van der Waals surface area (Å²) in [6.45, 7) is 3.12. The second-order valence-corrected chi connectivity index (χ2v) is 4.49. The number of nitrogens with one attached hydrogen (secondary N) is 1. The molecule has 2 aromatic rings. The van der Waals surface area contributed by atoms with E-state index in [0.717, 1.165) is 13.0 Å². The second-order valence-electron chi connectivity index (χ2n) is 4.49. The van der Waals surface area contributed by atoms with Crippen LogP contribution in [-0.2, 0) is 20.0 Å². The van der Waals surface area contributed by atoms with Crippen LogP contribution in [0.15, 0.2) is 42.7 Å². The van der Waals surface area contributed by atoms with Crippen LogP contribution in [0.5, 0.6) is 0 Å². The van der Waals surface area contributed by atoms with Crippen molar-refractivity contribution in [3.8, 4) is 0 Å². The van der Waals surface area contributed by atoms with Crippen LogP contribution in [0, 0.1) is 0 Å². The molecule has 1 N–H and O–H groups in total. The smallest absolute Gasteiger partial charge is 0.0522 e. The van der Waals surface area contributed by atoms with Crippen molar-refractivity contribution in [2.24, 2.45) is 7.05 Å². The number of rotatable bonds is 5. The minimum absolute atomic E-state index is 0.458. The first-order valence-electron chi connectivity index (χ1n) is 5.99. The van der Waals surface area contributed by atoms with E-state index >= 15 is 0 Å². The molecule has 1 aromatic heterocycles. The zero-order valence-electron chi connectivity index (χ0n) is 10.4. The van der Waals surface area contributed by atoms with Gasteiger partial charge in [-0.1, -0.05) is 30.3 Å². The van der Waals surface area contributed by atoms with E-state index in [0.29, 0.717) is 6.04 Å². The molecule has 3 heteroatoms. The van der Waals surface area contributed by atoms with Crippen molar-refractivity contribution in [3.05, 3.63) is 53.9 Å². The van der Waals surface area contributed by atoms with Crippen LogP contribution in [0.1, 0.15) is 18.1 Å². The summed E-state index contributed by atoms with van der Waals surface area (Å²) >= 11 is 0. The van der Waals surface area contributed by atoms with Crippen LogP contribution in [0.25, 0.3) is 0 Å². The van der Waals surface area contributed by atoms with E-state index in [4.69, 9.17) is 0 Å². The van der Waals surface area contributed by atoms with Crippen LogP contribution in [0.2, 0.25) is 0 Å². The lowest BCUT2D eigenvalue weighted by Gasteiger charge is -2.12. The summed E-state index contributed by atoms with van der Waals surface area (Å²) in [6, 6.07) is 10.9. The Kier molecular flexibility index (Phi) is 3.94. The Labute approximate surface area is 102 Å². The number of hydrogen-bond acceptors (Lipinski definition) is 2. The summed E-state index contributed by atoms with van der Waals surface area (Å²) in [4.78, 5) is 0. The zero-order valence-corrected chi connectivity index (χ0v) is 10.4. The van der Waals surface area contributed by atoms with E-state index in [9.17, 15) is 0 Å². The van der Waals surface area contributed by atoms with Crippen molar-refractivity contribution < 1.29 is 0 Å². The highest BCUT2D eigenvalue weighted by Gasteiger charge is 2.04. The summed E-state index contributed by atoms with van der Waals surface area (Å²) in [5.74, 6) is 0. The number of hydrogen-bond donors (Lipinski definition) is 1. The monoisotopic (exact) mass is 229 g/mol. The molecule has 0 radical (unpaired) electrons. The predicted octanol–water partition coefficient (Wildman–Crippen LogP) is 2.14. The second kappa shape index (κ2) is 5.64. The van der Waals surface area contributed by atoms with Crippen LogP contribution < -0.4 is 5.32 Å². The van der Waals surface area contributed by atoms with Crippen molar-refractivity contribution in [2.45, 2.75) is 25.9 Å². The van der Waals surface area contributed by atoms with Crippen molar-refractivity contribution in [3.63, 3.8) is 0 Å². The fourth-order valence-electron chi connectivity index (χ4n) is 1.89. The van der Waals surface area contributed by atoms with Crippen LogP contribution in [0.4, 0.5) is 0 Å². The molecular weight excluding hydrogens is 210 g/mol. The number of aromatic nitrogens is 2. The Hall–Kier alpha value is -1.61. The van der Waals surface area contributed by atoms with Gasteiger partial charge in [0.1, 0.15) is 0 Å². The molecule has 0 amide bonds. The van der Waals surface area contributed by atoms with Crippen molar-refractivity contribution in [1.29, 1.82) is 0 Å². The SMILES string of the molecule is C[C@H](Cc1cnn(C)c1)NCc1ccccc1. The molecule has 17 heavy (non-hydrogen) atoms. The van der Waals surface area contributed by atoms with Gasteiger partial charge in [-0.2, -0.15) is 5.10 Å². The van der Waals surface area contributed by atoms with Gasteiger partial charge in [0.05, 0.1) is 6.20 Å². The predicted molar refractivity (Wildman–Crippen MR) is 69.7 cm³/mol. The van der Waals surface area contributed by atoms with E-state index < -0.39 is 0 Å². The van der Waals surface area contributed by atoms with Gasteiger partial charge in [-0.25, -0.2) is 0 Å². The first kappa shape index (κ1) is 11.9. The average molecular weight is 229 g/mol. The molecule has 0 aliphatic rings. The molecular formula is C14H19N3. The van der Waals surface area contributed by atoms with Gasteiger partial charge >= 0.3 is 0 Å². The standard InChI is InChI=1S/C14H19N3/c1-12(8-14-10-16-17(2)11-14)15-9-13-6-4-3-5-7-13/h3-7,10-12,15H,8-9H2,1-2H3/t12-/m1/s1. The molecule has 0 aliphatic heterocycles. The van der Waals surface area contributed by atoms with Crippen LogP contribution >= 0.6 is 0 Å². The lowest BCUT2D eigenvalue weighted by atomic mass is 10.1. The van der Waals surface area contributed by atoms with Gasteiger partial charge in [0.25, 0.3) is 0 Å². The van der Waals surface area contributed by atoms with Gasteiger partial charge < -0.3 is 5.32 Å². The highest BCUT2D eigenvalue weighted by molar-refractivity contribution is 5.14. The Morgan fingerprint density at radius 2 is 2.00 bits per heavy atom. The third-order valence-corrected chi connectivity index (χ3v) is 2.80. The fourth-order valence-corrected chi connectivity index (χ4v) is 1.89. The summed E-state index contributed by atoms with van der Waals surface area (Å²) in [7, 11) is 1.95. The minimum atomic E-state index is 0.458. The molecule has 1 atom stereocenters. The fraction of sp³-hybridized carbons (Fsp3) is 0.357. The van der Waals surface area contributed by atoms with Gasteiger partial charge in [0, 0.05) is 25.8 Å². The third kappa shape index (κ3) is 3.71. The van der Waals surface area contributed by atoms with Gasteiger partial charge in [-0.3, -0.25) is 4.68 Å². The number of benzene rings is 1. The van der Waals surface area contributed by atoms with E-state index in [2.05, 4.69) is 47.8 Å². The normalized spacial score (nSPS) is 12.6. The molecule has 1 aromatic carbocycles. The molecule has 0 unspecified atom stereocenters. The largest absolute Gasteiger partial charge is 0.310 e. The zero-order chi connectivity index (χ0) is 12.1. The highest BCUT2D eigenvalue weighted by atomic mass is 15.2. The van der Waals surface area contributed by atoms with E-state index in [1.165, 1.54) is 11.1 Å². The highest BCUT2D eigenvalue weighted by Crippen LogP contribution is 2.03. The van der Waals surface area contributed by atoms with Gasteiger partial charge in [0.15, 0.2) is 0 Å². The van der Waals surface area contributed by atoms with Crippen LogP contribution in [-0.4, -0.2) is 15.8 Å². The summed E-state index contributed by atoms with van der Waals surface area (Å²) in [5.41, 5.74) is 2.60. The van der Waals surface area contributed by atoms with E-state index in [-0.39, 0.29) is 0 Å². The molecule has 0 saturated carbocycles. The minimum Gasteiger partial charge on any atom is -0.310 e. The first-order valence-corrected chi connectivity index (χ1v) is 5.99. The molecule has 0 spiro atoms. The van der Waals surface area contributed by atoms with Gasteiger partial charge in [-0.05, 0) is 24.5 Å². The van der Waals surface area contributed by atoms with Gasteiger partial charge in [0.2, 0.25) is 0 Å². The molecule has 3 nitrogen and oxygen atoms in total. The number of nitrogens with zero attached hydrogens (tertiary/aromatic N) is 2. The molecule has 1 heterocycles. The molecule has 0 aliphatic carbocycles. The Morgan fingerprint density at radius 1 is 1.24 bits per heavy atom. The average Bonchev–Trinajstić information content (AvgIpc) is 2.73. The quantitative estimate of drug-likeness (QED) is 0.851. The third-order valence-electron chi connectivity index (χ3n) is 2.80. The lowest BCUT2D eigenvalue weighted by molar-refractivity contribution is 0.545. The van der Waals surface area contributed by atoms with Crippen LogP contribution in [0.3, 0.4) is 0 Å². The van der Waals surface area contributed by atoms with Crippen molar-refractivity contribution in [1.82, 2.24) is 15.1 Å². The maximum atomic E-state index is 4.18.